The molecule has 2 unspecified atom stereocenters. The quantitative estimate of drug-likeness (QED) is 0.889. The van der Waals surface area contributed by atoms with Crippen LogP contribution >= 0.6 is 0 Å². The predicted molar refractivity (Wildman–Crippen MR) is 82.0 cm³/mol. The lowest BCUT2D eigenvalue weighted by atomic mass is 9.88. The Morgan fingerprint density at radius 2 is 1.80 bits per heavy atom. The van der Waals surface area contributed by atoms with Crippen LogP contribution in [0.5, 0.6) is 0 Å². The van der Waals surface area contributed by atoms with Gasteiger partial charge in [-0.2, -0.15) is 0 Å². The molecule has 2 nitrogen and oxygen atoms in total. The van der Waals surface area contributed by atoms with Crippen LogP contribution in [0.15, 0.2) is 24.3 Å². The number of benzene rings is 1. The van der Waals surface area contributed by atoms with Crippen molar-refractivity contribution in [3.8, 4) is 0 Å². The second kappa shape index (κ2) is 7.19. The molecule has 1 aliphatic carbocycles. The molecule has 1 aromatic carbocycles. The minimum absolute atomic E-state index is 0.0656. The molecule has 20 heavy (non-hydrogen) atoms. The van der Waals surface area contributed by atoms with Crippen LogP contribution in [0.2, 0.25) is 0 Å². The van der Waals surface area contributed by atoms with Gasteiger partial charge in [0.05, 0.1) is 0 Å². The Labute approximate surface area is 122 Å². The summed E-state index contributed by atoms with van der Waals surface area (Å²) in [6.45, 7) is 3.28. The van der Waals surface area contributed by atoms with Crippen molar-refractivity contribution in [2.45, 2.75) is 51.1 Å². The molecule has 0 radical (unpaired) electrons. The van der Waals surface area contributed by atoms with Gasteiger partial charge in [-0.3, -0.25) is 0 Å². The second-order valence-corrected chi connectivity index (χ2v) is 6.26. The number of nitrogens with two attached hydrogens (primary N) is 1. The molecule has 0 aromatic heterocycles. The molecule has 2 rings (SSSR count). The number of likely N-dealkylation sites (N-methyl/N-ethyl adjacent to an activating group) is 1. The van der Waals surface area contributed by atoms with E-state index >= 15 is 0 Å². The summed E-state index contributed by atoms with van der Waals surface area (Å²) in [5, 5.41) is 0. The van der Waals surface area contributed by atoms with Crippen LogP contribution in [0.3, 0.4) is 0 Å². The molecular formula is C17H27FN2. The average molecular weight is 278 g/mol. The van der Waals surface area contributed by atoms with Crippen molar-refractivity contribution in [1.29, 1.82) is 0 Å². The van der Waals surface area contributed by atoms with E-state index in [1.807, 2.05) is 0 Å². The van der Waals surface area contributed by atoms with E-state index in [-0.39, 0.29) is 17.9 Å². The maximum absolute atomic E-state index is 13.0. The normalized spacial score (nSPS) is 20.1. The number of hydrogen-bond donors (Lipinski definition) is 1. The fourth-order valence-corrected chi connectivity index (χ4v) is 3.18. The fourth-order valence-electron chi connectivity index (χ4n) is 3.18. The largest absolute Gasteiger partial charge is 0.323 e. The summed E-state index contributed by atoms with van der Waals surface area (Å²) in [4.78, 5) is 2.37. The lowest BCUT2D eigenvalue weighted by Crippen LogP contribution is -2.41. The summed E-state index contributed by atoms with van der Waals surface area (Å²) >= 11 is 0. The zero-order valence-corrected chi connectivity index (χ0v) is 12.7. The third-order valence-corrected chi connectivity index (χ3v) is 4.74. The summed E-state index contributed by atoms with van der Waals surface area (Å²) in [5.41, 5.74) is 7.34. The van der Waals surface area contributed by atoms with Gasteiger partial charge in [0.1, 0.15) is 5.82 Å². The Morgan fingerprint density at radius 1 is 1.20 bits per heavy atom. The van der Waals surface area contributed by atoms with E-state index in [9.17, 15) is 4.39 Å². The molecule has 2 N–H and O–H groups in total. The molecule has 112 valence electrons. The van der Waals surface area contributed by atoms with E-state index in [0.717, 1.165) is 18.0 Å². The summed E-state index contributed by atoms with van der Waals surface area (Å²) in [5.74, 6) is 0.612. The van der Waals surface area contributed by atoms with E-state index in [4.69, 9.17) is 5.73 Å². The molecule has 0 aliphatic heterocycles. The highest BCUT2D eigenvalue weighted by molar-refractivity contribution is 5.20. The van der Waals surface area contributed by atoms with E-state index < -0.39 is 0 Å². The van der Waals surface area contributed by atoms with Gasteiger partial charge in [0.15, 0.2) is 0 Å². The van der Waals surface area contributed by atoms with Gasteiger partial charge in [-0.05, 0) is 50.4 Å². The van der Waals surface area contributed by atoms with Crippen molar-refractivity contribution < 1.29 is 4.39 Å². The molecule has 0 saturated heterocycles. The Bertz CT molecular complexity index is 398. The van der Waals surface area contributed by atoms with Crippen LogP contribution in [0.4, 0.5) is 4.39 Å². The van der Waals surface area contributed by atoms with E-state index in [2.05, 4.69) is 18.9 Å². The SMILES string of the molecule is CC(C(N)c1ccc(F)cc1)N(C)CC1CCCCC1. The Balaban J connectivity index is 1.91. The number of halogens is 1. The Kier molecular flexibility index (Phi) is 5.55. The first-order valence-corrected chi connectivity index (χ1v) is 7.79. The molecule has 1 fully saturated rings. The van der Waals surface area contributed by atoms with Crippen molar-refractivity contribution in [3.63, 3.8) is 0 Å². The summed E-state index contributed by atoms with van der Waals surface area (Å²) in [7, 11) is 2.16. The average Bonchev–Trinajstić information content (AvgIpc) is 2.47. The first-order chi connectivity index (χ1) is 9.58. The van der Waals surface area contributed by atoms with Gasteiger partial charge in [0.2, 0.25) is 0 Å². The van der Waals surface area contributed by atoms with Gasteiger partial charge in [-0.1, -0.05) is 31.4 Å². The van der Waals surface area contributed by atoms with Crippen LogP contribution in [-0.4, -0.2) is 24.5 Å². The van der Waals surface area contributed by atoms with Gasteiger partial charge in [0, 0.05) is 18.6 Å². The predicted octanol–water partition coefficient (Wildman–Crippen LogP) is 3.73. The molecule has 0 heterocycles. The number of rotatable bonds is 5. The van der Waals surface area contributed by atoms with Crippen molar-refractivity contribution in [2.75, 3.05) is 13.6 Å². The standard InChI is InChI=1S/C17H27FN2/c1-13(17(19)15-8-10-16(18)11-9-15)20(2)12-14-6-4-3-5-7-14/h8-11,13-14,17H,3-7,12,19H2,1-2H3. The summed E-state index contributed by atoms with van der Waals surface area (Å²) < 4.78 is 13.0. The Hall–Kier alpha value is -0.930. The Morgan fingerprint density at radius 3 is 2.40 bits per heavy atom. The number of nitrogens with zero attached hydrogens (tertiary/aromatic N) is 1. The molecule has 0 spiro atoms. The molecular weight excluding hydrogens is 251 g/mol. The third-order valence-electron chi connectivity index (χ3n) is 4.74. The van der Waals surface area contributed by atoms with E-state index in [1.54, 1.807) is 12.1 Å². The highest BCUT2D eigenvalue weighted by Gasteiger charge is 2.22. The van der Waals surface area contributed by atoms with E-state index in [1.165, 1.54) is 44.2 Å². The smallest absolute Gasteiger partial charge is 0.123 e. The van der Waals surface area contributed by atoms with Gasteiger partial charge in [-0.15, -0.1) is 0 Å². The molecule has 1 aliphatic rings. The fraction of sp³-hybridized carbons (Fsp3) is 0.647. The zero-order chi connectivity index (χ0) is 14.5. The monoisotopic (exact) mass is 278 g/mol. The summed E-state index contributed by atoms with van der Waals surface area (Å²) in [6.07, 6.45) is 6.84. The third kappa shape index (κ3) is 4.03. The van der Waals surface area contributed by atoms with Crippen molar-refractivity contribution in [2.24, 2.45) is 11.7 Å². The maximum Gasteiger partial charge on any atom is 0.123 e. The molecule has 1 aromatic rings. The van der Waals surface area contributed by atoms with Crippen LogP contribution < -0.4 is 5.73 Å². The van der Waals surface area contributed by atoms with Crippen LogP contribution in [0.1, 0.15) is 50.6 Å². The van der Waals surface area contributed by atoms with Crippen LogP contribution in [-0.2, 0) is 0 Å². The van der Waals surface area contributed by atoms with Crippen molar-refractivity contribution in [3.05, 3.63) is 35.6 Å². The molecule has 0 bridgehead atoms. The highest BCUT2D eigenvalue weighted by Crippen LogP contribution is 2.26. The first kappa shape index (κ1) is 15.5. The molecule has 2 atom stereocenters. The van der Waals surface area contributed by atoms with Gasteiger partial charge in [0.25, 0.3) is 0 Å². The van der Waals surface area contributed by atoms with Gasteiger partial charge in [-0.25, -0.2) is 4.39 Å². The van der Waals surface area contributed by atoms with E-state index in [0.29, 0.717) is 0 Å². The van der Waals surface area contributed by atoms with Crippen LogP contribution in [0, 0.1) is 11.7 Å². The lowest BCUT2D eigenvalue weighted by Gasteiger charge is -2.34. The molecule has 3 heteroatoms. The van der Waals surface area contributed by atoms with Crippen molar-refractivity contribution >= 4 is 0 Å². The minimum Gasteiger partial charge on any atom is -0.323 e. The second-order valence-electron chi connectivity index (χ2n) is 6.26. The molecule has 0 amide bonds. The maximum atomic E-state index is 13.0. The number of hydrogen-bond acceptors (Lipinski definition) is 2. The van der Waals surface area contributed by atoms with Crippen molar-refractivity contribution in [1.82, 2.24) is 4.90 Å². The first-order valence-electron chi connectivity index (χ1n) is 7.79. The lowest BCUT2D eigenvalue weighted by molar-refractivity contribution is 0.173. The summed E-state index contributed by atoms with van der Waals surface area (Å²) in [6, 6.07) is 6.77. The van der Waals surface area contributed by atoms with Crippen LogP contribution in [0.25, 0.3) is 0 Å². The zero-order valence-electron chi connectivity index (χ0n) is 12.7. The molecule has 1 saturated carbocycles. The van der Waals surface area contributed by atoms with Gasteiger partial charge < -0.3 is 10.6 Å². The van der Waals surface area contributed by atoms with Gasteiger partial charge >= 0.3 is 0 Å². The highest BCUT2D eigenvalue weighted by atomic mass is 19.1. The topological polar surface area (TPSA) is 29.3 Å². The minimum atomic E-state index is -0.204.